The highest BCUT2D eigenvalue weighted by atomic mass is 19.3. The van der Waals surface area contributed by atoms with Gasteiger partial charge in [-0.3, -0.25) is 4.79 Å². The van der Waals surface area contributed by atoms with Crippen molar-refractivity contribution < 1.29 is 28.2 Å². The Bertz CT molecular complexity index is 476. The van der Waals surface area contributed by atoms with Crippen LogP contribution in [0.25, 0.3) is 0 Å². The number of hydrogen-bond donors (Lipinski definition) is 2. The molecule has 0 aliphatic rings. The fourth-order valence-electron chi connectivity index (χ4n) is 1.70. The number of aliphatic carboxylic acids is 1. The molecule has 21 heavy (non-hydrogen) atoms. The number of alkyl halides is 2. The zero-order valence-corrected chi connectivity index (χ0v) is 11.5. The molecule has 0 radical (unpaired) electrons. The predicted molar refractivity (Wildman–Crippen MR) is 71.3 cm³/mol. The second kappa shape index (κ2) is 8.18. The summed E-state index contributed by atoms with van der Waals surface area (Å²) in [5.74, 6) is -1.38. The summed E-state index contributed by atoms with van der Waals surface area (Å²) in [6.45, 7) is -1.20. The van der Waals surface area contributed by atoms with Crippen LogP contribution >= 0.6 is 0 Å². The van der Waals surface area contributed by atoms with Crippen molar-refractivity contribution in [1.82, 2.24) is 5.32 Å². The summed E-state index contributed by atoms with van der Waals surface area (Å²) in [6, 6.07) is 5.06. The first-order chi connectivity index (χ1) is 9.92. The monoisotopic (exact) mass is 301 g/mol. The molecule has 7 heteroatoms. The van der Waals surface area contributed by atoms with E-state index in [2.05, 4.69) is 10.1 Å². The van der Waals surface area contributed by atoms with Crippen molar-refractivity contribution in [1.29, 1.82) is 0 Å². The van der Waals surface area contributed by atoms with Crippen LogP contribution in [0.3, 0.4) is 0 Å². The van der Waals surface area contributed by atoms with Crippen LogP contribution < -0.4 is 10.1 Å². The number of nitrogens with one attached hydrogen (secondary N) is 1. The van der Waals surface area contributed by atoms with Gasteiger partial charge in [-0.2, -0.15) is 8.78 Å². The third kappa shape index (κ3) is 6.20. The molecule has 1 aromatic rings. The Balaban J connectivity index is 2.44. The van der Waals surface area contributed by atoms with Crippen LogP contribution in [0, 0.1) is 0 Å². The van der Waals surface area contributed by atoms with Gasteiger partial charge in [-0.25, -0.2) is 4.79 Å². The maximum atomic E-state index is 12.0. The number of benzene rings is 1. The van der Waals surface area contributed by atoms with Gasteiger partial charge >= 0.3 is 12.6 Å². The number of ether oxygens (including phenoxy) is 1. The van der Waals surface area contributed by atoms with Gasteiger partial charge in [0.05, 0.1) is 0 Å². The van der Waals surface area contributed by atoms with E-state index in [1.54, 1.807) is 19.1 Å². The Kier molecular flexibility index (Phi) is 6.58. The maximum absolute atomic E-state index is 12.0. The molecule has 116 valence electrons. The number of carbonyl (C=O) groups excluding carboxylic acids is 1. The number of rotatable bonds is 8. The van der Waals surface area contributed by atoms with E-state index < -0.39 is 18.6 Å². The third-order valence-electron chi connectivity index (χ3n) is 2.83. The molecule has 0 fully saturated rings. The Morgan fingerprint density at radius 3 is 2.38 bits per heavy atom. The number of carbonyl (C=O) groups is 2. The summed E-state index contributed by atoms with van der Waals surface area (Å²) in [6.07, 6.45) is 0.816. The van der Waals surface area contributed by atoms with E-state index >= 15 is 0 Å². The SMILES string of the molecule is CCC(NC(=O)CCc1ccc(OC(F)F)cc1)C(=O)O. The molecule has 1 aromatic carbocycles. The second-order valence-corrected chi connectivity index (χ2v) is 4.39. The molecule has 0 aromatic heterocycles. The van der Waals surface area contributed by atoms with Gasteiger partial charge in [0.25, 0.3) is 0 Å². The lowest BCUT2D eigenvalue weighted by atomic mass is 10.1. The van der Waals surface area contributed by atoms with Crippen molar-refractivity contribution in [2.75, 3.05) is 0 Å². The normalized spacial score (nSPS) is 12.0. The van der Waals surface area contributed by atoms with Crippen molar-refractivity contribution >= 4 is 11.9 Å². The van der Waals surface area contributed by atoms with Gasteiger partial charge < -0.3 is 15.2 Å². The van der Waals surface area contributed by atoms with E-state index in [0.717, 1.165) is 5.56 Å². The average molecular weight is 301 g/mol. The summed E-state index contributed by atoms with van der Waals surface area (Å²) < 4.78 is 28.2. The van der Waals surface area contributed by atoms with Gasteiger partial charge in [0.15, 0.2) is 0 Å². The number of hydrogen-bond acceptors (Lipinski definition) is 3. The van der Waals surface area contributed by atoms with Crippen LogP contribution in [0.1, 0.15) is 25.3 Å². The Morgan fingerprint density at radius 1 is 1.29 bits per heavy atom. The van der Waals surface area contributed by atoms with Gasteiger partial charge in [0.2, 0.25) is 5.91 Å². The van der Waals surface area contributed by atoms with E-state index in [1.807, 2.05) is 0 Å². The van der Waals surface area contributed by atoms with Gasteiger partial charge in [-0.15, -0.1) is 0 Å². The fourth-order valence-corrected chi connectivity index (χ4v) is 1.70. The van der Waals surface area contributed by atoms with Crippen molar-refractivity contribution in [2.24, 2.45) is 0 Å². The van der Waals surface area contributed by atoms with Gasteiger partial charge in [0, 0.05) is 6.42 Å². The lowest BCUT2D eigenvalue weighted by Gasteiger charge is -2.12. The Hall–Kier alpha value is -2.18. The number of carboxylic acid groups (broad SMARTS) is 1. The standard InChI is InChI=1S/C14H17F2NO4/c1-2-11(13(19)20)17-12(18)8-5-9-3-6-10(7-4-9)21-14(15)16/h3-4,6-7,11,14H,2,5,8H2,1H3,(H,17,18)(H,19,20). The minimum absolute atomic E-state index is 0.0510. The molecule has 1 amide bonds. The summed E-state index contributed by atoms with van der Waals surface area (Å²) in [4.78, 5) is 22.4. The highest BCUT2D eigenvalue weighted by Crippen LogP contribution is 2.15. The van der Waals surface area contributed by atoms with E-state index in [-0.39, 0.29) is 18.1 Å². The van der Waals surface area contributed by atoms with Crippen LogP contribution in [0.4, 0.5) is 8.78 Å². The van der Waals surface area contributed by atoms with Crippen LogP contribution in [-0.2, 0) is 16.0 Å². The highest BCUT2D eigenvalue weighted by Gasteiger charge is 2.17. The molecule has 2 N–H and O–H groups in total. The van der Waals surface area contributed by atoms with E-state index in [4.69, 9.17) is 5.11 Å². The zero-order chi connectivity index (χ0) is 15.8. The average Bonchev–Trinajstić information content (AvgIpc) is 2.43. The minimum Gasteiger partial charge on any atom is -0.480 e. The lowest BCUT2D eigenvalue weighted by molar-refractivity contribution is -0.141. The van der Waals surface area contributed by atoms with E-state index in [9.17, 15) is 18.4 Å². The molecule has 0 aliphatic carbocycles. The number of halogens is 2. The largest absolute Gasteiger partial charge is 0.480 e. The maximum Gasteiger partial charge on any atom is 0.387 e. The predicted octanol–water partition coefficient (Wildman–Crippen LogP) is 2.20. The van der Waals surface area contributed by atoms with E-state index in [0.29, 0.717) is 12.8 Å². The first-order valence-electron chi connectivity index (χ1n) is 6.48. The first kappa shape index (κ1) is 16.9. The fraction of sp³-hybridized carbons (Fsp3) is 0.429. The molecule has 5 nitrogen and oxygen atoms in total. The summed E-state index contributed by atoms with van der Waals surface area (Å²) in [7, 11) is 0. The molecular formula is C14H17F2NO4. The summed E-state index contributed by atoms with van der Waals surface area (Å²) >= 11 is 0. The van der Waals surface area contributed by atoms with Crippen molar-refractivity contribution in [2.45, 2.75) is 38.8 Å². The number of carboxylic acids is 1. The van der Waals surface area contributed by atoms with Crippen LogP contribution in [0.5, 0.6) is 5.75 Å². The Morgan fingerprint density at radius 2 is 1.90 bits per heavy atom. The molecule has 0 spiro atoms. The van der Waals surface area contributed by atoms with Crippen molar-refractivity contribution in [3.63, 3.8) is 0 Å². The molecule has 0 aliphatic heterocycles. The quantitative estimate of drug-likeness (QED) is 0.772. The van der Waals surface area contributed by atoms with Crippen LogP contribution in [-0.4, -0.2) is 29.6 Å². The molecule has 0 heterocycles. The Labute approximate surface area is 120 Å². The first-order valence-corrected chi connectivity index (χ1v) is 6.48. The highest BCUT2D eigenvalue weighted by molar-refractivity contribution is 5.83. The van der Waals surface area contributed by atoms with Crippen molar-refractivity contribution in [3.8, 4) is 5.75 Å². The molecule has 0 bridgehead atoms. The lowest BCUT2D eigenvalue weighted by Crippen LogP contribution is -2.40. The summed E-state index contributed by atoms with van der Waals surface area (Å²) in [5, 5.41) is 11.2. The molecule has 1 rings (SSSR count). The third-order valence-corrected chi connectivity index (χ3v) is 2.83. The summed E-state index contributed by atoms with van der Waals surface area (Å²) in [5.41, 5.74) is 0.773. The molecule has 1 unspecified atom stereocenters. The molecule has 0 saturated carbocycles. The molecule has 0 saturated heterocycles. The molecular weight excluding hydrogens is 284 g/mol. The second-order valence-electron chi connectivity index (χ2n) is 4.39. The smallest absolute Gasteiger partial charge is 0.387 e. The van der Waals surface area contributed by atoms with Gasteiger partial charge in [-0.05, 0) is 30.5 Å². The van der Waals surface area contributed by atoms with Crippen LogP contribution in [0.2, 0.25) is 0 Å². The van der Waals surface area contributed by atoms with E-state index in [1.165, 1.54) is 12.1 Å². The number of amides is 1. The number of aryl methyl sites for hydroxylation is 1. The zero-order valence-electron chi connectivity index (χ0n) is 11.5. The van der Waals surface area contributed by atoms with Gasteiger partial charge in [-0.1, -0.05) is 19.1 Å². The van der Waals surface area contributed by atoms with Crippen molar-refractivity contribution in [3.05, 3.63) is 29.8 Å². The minimum atomic E-state index is -2.87. The topological polar surface area (TPSA) is 75.6 Å². The molecule has 1 atom stereocenters. The van der Waals surface area contributed by atoms with Crippen LogP contribution in [0.15, 0.2) is 24.3 Å². The van der Waals surface area contributed by atoms with Gasteiger partial charge in [0.1, 0.15) is 11.8 Å².